The van der Waals surface area contributed by atoms with Crippen LogP contribution in [0.2, 0.25) is 0 Å². The quantitative estimate of drug-likeness (QED) is 0.812. The van der Waals surface area contributed by atoms with Crippen molar-refractivity contribution in [3.63, 3.8) is 0 Å². The van der Waals surface area contributed by atoms with E-state index in [1.165, 1.54) is 32.5 Å². The molecule has 1 aromatic heterocycles. The summed E-state index contributed by atoms with van der Waals surface area (Å²) in [4.78, 5) is 6.92. The minimum atomic E-state index is 0.837. The van der Waals surface area contributed by atoms with E-state index in [9.17, 15) is 0 Å². The van der Waals surface area contributed by atoms with Crippen LogP contribution < -0.4 is 5.32 Å². The van der Waals surface area contributed by atoms with Crippen LogP contribution in [0.3, 0.4) is 0 Å². The van der Waals surface area contributed by atoms with E-state index >= 15 is 0 Å². The van der Waals surface area contributed by atoms with E-state index in [0.29, 0.717) is 0 Å². The molecule has 2 heterocycles. The van der Waals surface area contributed by atoms with Crippen molar-refractivity contribution in [2.75, 3.05) is 26.2 Å². The number of rotatable bonds is 7. The molecule has 0 radical (unpaired) electrons. The first-order valence-electron chi connectivity index (χ1n) is 7.63. The van der Waals surface area contributed by atoms with Gasteiger partial charge in [0.25, 0.3) is 0 Å². The summed E-state index contributed by atoms with van der Waals surface area (Å²) < 4.78 is 2.05. The molecule has 0 spiro atoms. The van der Waals surface area contributed by atoms with E-state index < -0.39 is 0 Å². The second kappa shape index (κ2) is 7.60. The predicted octanol–water partition coefficient (Wildman–Crippen LogP) is 1.51. The summed E-state index contributed by atoms with van der Waals surface area (Å²) in [6.45, 7) is 10.9. The summed E-state index contributed by atoms with van der Waals surface area (Å²) in [6, 6.07) is 0. The third-order valence-corrected chi connectivity index (χ3v) is 3.92. The normalized spacial score (nSPS) is 17.2. The van der Waals surface area contributed by atoms with Crippen LogP contribution in [-0.4, -0.2) is 45.8 Å². The Morgan fingerprint density at radius 3 is 2.84 bits per heavy atom. The van der Waals surface area contributed by atoms with Crippen molar-refractivity contribution in [2.45, 2.75) is 46.2 Å². The average molecular weight is 265 g/mol. The predicted molar refractivity (Wildman–Crippen MR) is 76.9 cm³/mol. The summed E-state index contributed by atoms with van der Waals surface area (Å²) in [5, 5.41) is 7.74. The molecule has 1 N–H and O–H groups in total. The molecular weight excluding hydrogens is 238 g/mol. The highest BCUT2D eigenvalue weighted by Gasteiger charge is 2.17. The maximum absolute atomic E-state index is 4.41. The monoisotopic (exact) mass is 265 g/mol. The van der Waals surface area contributed by atoms with Crippen LogP contribution in [0.4, 0.5) is 0 Å². The highest BCUT2D eigenvalue weighted by Crippen LogP contribution is 2.14. The van der Waals surface area contributed by atoms with Gasteiger partial charge in [-0.15, -0.1) is 0 Å². The van der Waals surface area contributed by atoms with Gasteiger partial charge in [0, 0.05) is 13.1 Å². The van der Waals surface area contributed by atoms with E-state index in [1.54, 1.807) is 6.33 Å². The fourth-order valence-corrected chi connectivity index (χ4v) is 2.74. The molecule has 5 heteroatoms. The average Bonchev–Trinajstić information content (AvgIpc) is 2.87. The molecule has 0 saturated carbocycles. The van der Waals surface area contributed by atoms with Crippen LogP contribution in [0.1, 0.15) is 38.9 Å². The summed E-state index contributed by atoms with van der Waals surface area (Å²) in [6.07, 6.45) is 5.40. The lowest BCUT2D eigenvalue weighted by atomic mass is 9.97. The Hall–Kier alpha value is -0.940. The molecule has 1 fully saturated rings. The number of nitrogens with zero attached hydrogens (tertiary/aromatic N) is 4. The molecule has 1 aliphatic heterocycles. The first-order chi connectivity index (χ1) is 9.33. The highest BCUT2D eigenvalue weighted by atomic mass is 15.3. The minimum Gasteiger partial charge on any atom is -0.317 e. The van der Waals surface area contributed by atoms with Gasteiger partial charge in [0.1, 0.15) is 12.2 Å². The van der Waals surface area contributed by atoms with Gasteiger partial charge in [-0.3, -0.25) is 4.90 Å². The molecule has 1 aromatic rings. The van der Waals surface area contributed by atoms with Gasteiger partial charge in [-0.25, -0.2) is 9.67 Å². The first-order valence-corrected chi connectivity index (χ1v) is 7.63. The van der Waals surface area contributed by atoms with E-state index in [2.05, 4.69) is 34.1 Å². The molecule has 0 unspecified atom stereocenters. The Morgan fingerprint density at radius 2 is 2.16 bits per heavy atom. The van der Waals surface area contributed by atoms with Crippen molar-refractivity contribution in [3.05, 3.63) is 12.2 Å². The Morgan fingerprint density at radius 1 is 1.37 bits per heavy atom. The molecule has 0 aromatic carbocycles. The lowest BCUT2D eigenvalue weighted by Crippen LogP contribution is -2.36. The summed E-state index contributed by atoms with van der Waals surface area (Å²) >= 11 is 0. The van der Waals surface area contributed by atoms with Crippen molar-refractivity contribution in [2.24, 2.45) is 5.92 Å². The standard InChI is InChI=1S/C14H27N5/c1-3-9-19-14(16-12-17-19)11-18(4-2)10-13-5-7-15-8-6-13/h12-13,15H,3-11H2,1-2H3. The summed E-state index contributed by atoms with van der Waals surface area (Å²) in [5.41, 5.74) is 0. The van der Waals surface area contributed by atoms with Crippen LogP contribution in [-0.2, 0) is 13.1 Å². The zero-order valence-corrected chi connectivity index (χ0v) is 12.3. The van der Waals surface area contributed by atoms with Crippen molar-refractivity contribution >= 4 is 0 Å². The Balaban J connectivity index is 1.88. The van der Waals surface area contributed by atoms with Crippen molar-refractivity contribution in [1.82, 2.24) is 25.0 Å². The molecule has 0 atom stereocenters. The van der Waals surface area contributed by atoms with Gasteiger partial charge in [0.15, 0.2) is 0 Å². The van der Waals surface area contributed by atoms with Crippen molar-refractivity contribution in [1.29, 1.82) is 0 Å². The fourth-order valence-electron chi connectivity index (χ4n) is 2.74. The van der Waals surface area contributed by atoms with Crippen molar-refractivity contribution in [3.8, 4) is 0 Å². The van der Waals surface area contributed by atoms with Gasteiger partial charge in [-0.1, -0.05) is 13.8 Å². The number of hydrogen-bond acceptors (Lipinski definition) is 4. The number of nitrogens with one attached hydrogen (secondary N) is 1. The fraction of sp³-hybridized carbons (Fsp3) is 0.857. The Labute approximate surface area is 116 Å². The first kappa shape index (κ1) is 14.5. The van der Waals surface area contributed by atoms with Crippen LogP contribution in [0.15, 0.2) is 6.33 Å². The van der Waals surface area contributed by atoms with Crippen LogP contribution in [0.5, 0.6) is 0 Å². The molecule has 2 rings (SSSR count). The summed E-state index contributed by atoms with van der Waals surface area (Å²) in [7, 11) is 0. The molecule has 1 aliphatic rings. The van der Waals surface area contributed by atoms with E-state index in [1.807, 2.05) is 4.68 Å². The largest absolute Gasteiger partial charge is 0.317 e. The second-order valence-electron chi connectivity index (χ2n) is 5.42. The highest BCUT2D eigenvalue weighted by molar-refractivity contribution is 4.85. The van der Waals surface area contributed by atoms with Crippen LogP contribution in [0, 0.1) is 5.92 Å². The number of aryl methyl sites for hydroxylation is 1. The van der Waals surface area contributed by atoms with Crippen LogP contribution >= 0.6 is 0 Å². The number of aromatic nitrogens is 3. The van der Waals surface area contributed by atoms with Gasteiger partial charge in [0.05, 0.1) is 6.54 Å². The molecule has 0 bridgehead atoms. The van der Waals surface area contributed by atoms with Crippen LogP contribution in [0.25, 0.3) is 0 Å². The Kier molecular flexibility index (Phi) is 5.79. The lowest BCUT2D eigenvalue weighted by molar-refractivity contribution is 0.200. The molecule has 0 amide bonds. The van der Waals surface area contributed by atoms with E-state index in [4.69, 9.17) is 0 Å². The zero-order chi connectivity index (χ0) is 13.5. The zero-order valence-electron chi connectivity index (χ0n) is 12.3. The summed E-state index contributed by atoms with van der Waals surface area (Å²) in [5.74, 6) is 1.95. The molecule has 19 heavy (non-hydrogen) atoms. The third kappa shape index (κ3) is 4.28. The van der Waals surface area contributed by atoms with Gasteiger partial charge < -0.3 is 5.32 Å². The molecule has 5 nitrogen and oxygen atoms in total. The van der Waals surface area contributed by atoms with E-state index in [-0.39, 0.29) is 0 Å². The van der Waals surface area contributed by atoms with Gasteiger partial charge in [-0.05, 0) is 44.8 Å². The van der Waals surface area contributed by atoms with Gasteiger partial charge >= 0.3 is 0 Å². The second-order valence-corrected chi connectivity index (χ2v) is 5.42. The minimum absolute atomic E-state index is 0.837. The smallest absolute Gasteiger partial charge is 0.141 e. The molecule has 1 saturated heterocycles. The van der Waals surface area contributed by atoms with E-state index in [0.717, 1.165) is 37.8 Å². The lowest BCUT2D eigenvalue weighted by Gasteiger charge is -2.29. The topological polar surface area (TPSA) is 46.0 Å². The van der Waals surface area contributed by atoms with Gasteiger partial charge in [0.2, 0.25) is 0 Å². The maximum Gasteiger partial charge on any atom is 0.141 e. The molecular formula is C14H27N5. The molecule has 108 valence electrons. The SMILES string of the molecule is CCCn1ncnc1CN(CC)CC1CCNCC1. The number of hydrogen-bond donors (Lipinski definition) is 1. The number of piperidine rings is 1. The Bertz CT molecular complexity index is 356. The maximum atomic E-state index is 4.41. The molecule has 0 aliphatic carbocycles. The third-order valence-electron chi connectivity index (χ3n) is 3.92. The van der Waals surface area contributed by atoms with Gasteiger partial charge in [-0.2, -0.15) is 5.10 Å². The van der Waals surface area contributed by atoms with Crippen molar-refractivity contribution < 1.29 is 0 Å².